The van der Waals surface area contributed by atoms with E-state index in [1.807, 2.05) is 20.0 Å². The van der Waals surface area contributed by atoms with Crippen molar-refractivity contribution in [3.05, 3.63) is 11.9 Å². The summed E-state index contributed by atoms with van der Waals surface area (Å²) in [5, 5.41) is 3.02. The van der Waals surface area contributed by atoms with Crippen LogP contribution in [0.1, 0.15) is 5.82 Å². The van der Waals surface area contributed by atoms with E-state index in [1.165, 1.54) is 0 Å². The summed E-state index contributed by atoms with van der Waals surface area (Å²) in [6, 6.07) is 1.93. The van der Waals surface area contributed by atoms with Crippen molar-refractivity contribution >= 4 is 18.0 Å². The van der Waals surface area contributed by atoms with Crippen molar-refractivity contribution in [1.29, 1.82) is 0 Å². The summed E-state index contributed by atoms with van der Waals surface area (Å²) in [6.07, 6.45) is 0.904. The van der Waals surface area contributed by atoms with Gasteiger partial charge in [0.25, 0.3) is 0 Å². The van der Waals surface area contributed by atoms with Gasteiger partial charge in [0.2, 0.25) is 6.41 Å². The molecular formula is C11H17N5O. The number of carbonyl (C=O) groups is 1. The topological polar surface area (TPSA) is 61.4 Å². The number of nitrogens with zero attached hydrogens (tertiary/aromatic N) is 4. The number of hydrogen-bond acceptors (Lipinski definition) is 5. The van der Waals surface area contributed by atoms with Crippen molar-refractivity contribution in [3.8, 4) is 0 Å². The Balaban J connectivity index is 2.12. The van der Waals surface area contributed by atoms with E-state index >= 15 is 0 Å². The number of aryl methyl sites for hydroxylation is 1. The van der Waals surface area contributed by atoms with Crippen LogP contribution in [0, 0.1) is 6.92 Å². The molecule has 0 unspecified atom stereocenters. The third-order valence-electron chi connectivity index (χ3n) is 2.87. The zero-order valence-corrected chi connectivity index (χ0v) is 10.2. The predicted octanol–water partition coefficient (Wildman–Crippen LogP) is 0.105. The summed E-state index contributed by atoms with van der Waals surface area (Å²) in [5.41, 5.74) is 0. The van der Waals surface area contributed by atoms with Crippen LogP contribution in [0.15, 0.2) is 6.07 Å². The zero-order chi connectivity index (χ0) is 12.3. The molecule has 0 radical (unpaired) electrons. The maximum Gasteiger partial charge on any atom is 0.209 e. The van der Waals surface area contributed by atoms with Crippen molar-refractivity contribution in [2.24, 2.45) is 0 Å². The minimum atomic E-state index is 0.751. The molecule has 1 aliphatic rings. The van der Waals surface area contributed by atoms with Gasteiger partial charge in [0.15, 0.2) is 0 Å². The van der Waals surface area contributed by atoms with Crippen LogP contribution in [0.2, 0.25) is 0 Å². The molecule has 0 spiro atoms. The summed E-state index contributed by atoms with van der Waals surface area (Å²) >= 11 is 0. The average molecular weight is 235 g/mol. The number of anilines is 2. The highest BCUT2D eigenvalue weighted by atomic mass is 16.1. The highest BCUT2D eigenvalue weighted by Gasteiger charge is 2.17. The Bertz CT molecular complexity index is 401. The fourth-order valence-electron chi connectivity index (χ4n) is 1.90. The number of rotatable bonds is 3. The summed E-state index contributed by atoms with van der Waals surface area (Å²) in [7, 11) is 1.84. The monoisotopic (exact) mass is 235 g/mol. The van der Waals surface area contributed by atoms with E-state index in [-0.39, 0.29) is 0 Å². The van der Waals surface area contributed by atoms with E-state index < -0.39 is 0 Å². The number of piperazine rings is 1. The maximum absolute atomic E-state index is 10.6. The number of amides is 1. The van der Waals surface area contributed by atoms with Crippen molar-refractivity contribution in [3.63, 3.8) is 0 Å². The van der Waals surface area contributed by atoms with Gasteiger partial charge in [-0.1, -0.05) is 0 Å². The normalized spacial score (nSPS) is 15.9. The number of aromatic nitrogens is 2. The summed E-state index contributed by atoms with van der Waals surface area (Å²) in [4.78, 5) is 23.3. The van der Waals surface area contributed by atoms with Gasteiger partial charge in [-0.25, -0.2) is 9.97 Å². The van der Waals surface area contributed by atoms with Crippen molar-refractivity contribution in [1.82, 2.24) is 14.9 Å². The number of hydrogen-bond donors (Lipinski definition) is 1. The highest BCUT2D eigenvalue weighted by molar-refractivity contribution is 5.51. The molecule has 92 valence electrons. The standard InChI is InChI=1S/C11H17N5O/c1-9-13-10(12-2)7-11(14-9)16-5-3-15(8-17)4-6-16/h7-8H,3-6H2,1-2H3,(H,12,13,14). The molecule has 1 aromatic heterocycles. The maximum atomic E-state index is 10.6. The third-order valence-corrected chi connectivity index (χ3v) is 2.87. The lowest BCUT2D eigenvalue weighted by Gasteiger charge is -2.33. The van der Waals surface area contributed by atoms with Crippen molar-refractivity contribution in [2.75, 3.05) is 43.4 Å². The van der Waals surface area contributed by atoms with Crippen LogP contribution in [0.4, 0.5) is 11.6 Å². The summed E-state index contributed by atoms with van der Waals surface area (Å²) < 4.78 is 0. The average Bonchev–Trinajstić information content (AvgIpc) is 2.38. The zero-order valence-electron chi connectivity index (χ0n) is 10.2. The van der Waals surface area contributed by atoms with Gasteiger partial charge < -0.3 is 15.1 Å². The Labute approximate surface area is 101 Å². The first-order valence-electron chi connectivity index (χ1n) is 5.70. The van der Waals surface area contributed by atoms with Gasteiger partial charge >= 0.3 is 0 Å². The Morgan fingerprint density at radius 3 is 2.59 bits per heavy atom. The molecule has 0 aromatic carbocycles. The lowest BCUT2D eigenvalue weighted by atomic mass is 10.3. The molecule has 1 aromatic rings. The molecule has 0 saturated carbocycles. The SMILES string of the molecule is CNc1cc(N2CCN(C=O)CC2)nc(C)n1. The minimum Gasteiger partial charge on any atom is -0.373 e. The van der Waals surface area contributed by atoms with Gasteiger partial charge in [0.1, 0.15) is 17.5 Å². The Morgan fingerprint density at radius 1 is 1.29 bits per heavy atom. The van der Waals surface area contributed by atoms with Crippen LogP contribution < -0.4 is 10.2 Å². The van der Waals surface area contributed by atoms with Crippen LogP contribution in [-0.2, 0) is 4.79 Å². The first-order valence-corrected chi connectivity index (χ1v) is 5.70. The smallest absolute Gasteiger partial charge is 0.209 e. The second-order valence-electron chi connectivity index (χ2n) is 4.04. The summed E-state index contributed by atoms with van der Waals surface area (Å²) in [5.74, 6) is 2.50. The fraction of sp³-hybridized carbons (Fsp3) is 0.545. The third kappa shape index (κ3) is 2.64. The van der Waals surface area contributed by atoms with Crippen LogP contribution in [0.3, 0.4) is 0 Å². The molecule has 6 nitrogen and oxygen atoms in total. The molecule has 2 heterocycles. The molecule has 0 aliphatic carbocycles. The van der Waals surface area contributed by atoms with Gasteiger partial charge in [-0.2, -0.15) is 0 Å². The molecule has 0 bridgehead atoms. The fourth-order valence-corrected chi connectivity index (χ4v) is 1.90. The Hall–Kier alpha value is -1.85. The minimum absolute atomic E-state index is 0.751. The predicted molar refractivity (Wildman–Crippen MR) is 66.2 cm³/mol. The molecule has 1 saturated heterocycles. The Morgan fingerprint density at radius 2 is 2.00 bits per heavy atom. The second kappa shape index (κ2) is 4.99. The lowest BCUT2D eigenvalue weighted by molar-refractivity contribution is -0.118. The van der Waals surface area contributed by atoms with Gasteiger partial charge in [0.05, 0.1) is 0 Å². The van der Waals surface area contributed by atoms with E-state index in [9.17, 15) is 4.79 Å². The van der Waals surface area contributed by atoms with Gasteiger partial charge in [-0.05, 0) is 6.92 Å². The molecule has 2 rings (SSSR count). The van der Waals surface area contributed by atoms with Crippen LogP contribution in [0.25, 0.3) is 0 Å². The molecular weight excluding hydrogens is 218 g/mol. The largest absolute Gasteiger partial charge is 0.373 e. The Kier molecular flexibility index (Phi) is 3.41. The quantitative estimate of drug-likeness (QED) is 0.753. The van der Waals surface area contributed by atoms with Crippen molar-refractivity contribution < 1.29 is 4.79 Å². The molecule has 17 heavy (non-hydrogen) atoms. The number of carbonyl (C=O) groups excluding carboxylic acids is 1. The molecule has 1 N–H and O–H groups in total. The van der Waals surface area contributed by atoms with Gasteiger partial charge in [-0.15, -0.1) is 0 Å². The second-order valence-corrected chi connectivity index (χ2v) is 4.04. The van der Waals surface area contributed by atoms with E-state index in [0.29, 0.717) is 0 Å². The lowest BCUT2D eigenvalue weighted by Crippen LogP contribution is -2.46. The van der Waals surface area contributed by atoms with E-state index in [2.05, 4.69) is 20.2 Å². The molecule has 1 aliphatic heterocycles. The first-order chi connectivity index (χ1) is 8.22. The number of nitrogens with one attached hydrogen (secondary N) is 1. The highest BCUT2D eigenvalue weighted by Crippen LogP contribution is 2.16. The van der Waals surface area contributed by atoms with Crippen LogP contribution in [-0.4, -0.2) is 54.5 Å². The van der Waals surface area contributed by atoms with Gasteiger partial charge in [-0.3, -0.25) is 4.79 Å². The molecule has 1 amide bonds. The molecule has 1 fully saturated rings. The first kappa shape index (κ1) is 11.6. The van der Waals surface area contributed by atoms with Crippen LogP contribution in [0.5, 0.6) is 0 Å². The molecule has 6 heteroatoms. The van der Waals surface area contributed by atoms with Crippen molar-refractivity contribution in [2.45, 2.75) is 6.92 Å². The van der Waals surface area contributed by atoms with E-state index in [0.717, 1.165) is 50.0 Å². The van der Waals surface area contributed by atoms with E-state index in [1.54, 1.807) is 4.90 Å². The molecule has 0 atom stereocenters. The van der Waals surface area contributed by atoms with E-state index in [4.69, 9.17) is 0 Å². The summed E-state index contributed by atoms with van der Waals surface area (Å²) in [6.45, 7) is 5.02. The van der Waals surface area contributed by atoms with Gasteiger partial charge in [0, 0.05) is 39.3 Å². The van der Waals surface area contributed by atoms with Crippen LogP contribution >= 0.6 is 0 Å².